The van der Waals surface area contributed by atoms with Crippen LogP contribution in [0.5, 0.6) is 5.75 Å². The average Bonchev–Trinajstić information content (AvgIpc) is 3.08. The van der Waals surface area contributed by atoms with Crippen LogP contribution in [0.2, 0.25) is 0 Å². The number of guanidine groups is 1. The molecule has 3 aliphatic rings. The fourth-order valence-corrected chi connectivity index (χ4v) is 4.67. The zero-order valence-electron chi connectivity index (χ0n) is 18.5. The lowest BCUT2D eigenvalue weighted by molar-refractivity contribution is -0.132. The molecule has 1 aliphatic carbocycles. The van der Waals surface area contributed by atoms with Crippen LogP contribution in [0.4, 0.5) is 5.69 Å². The number of rotatable bonds is 8. The molecule has 1 aromatic rings. The van der Waals surface area contributed by atoms with Gasteiger partial charge in [-0.05, 0) is 37.5 Å². The Morgan fingerprint density at radius 1 is 1.28 bits per heavy atom. The predicted molar refractivity (Wildman–Crippen MR) is 119 cm³/mol. The standard InChI is InChI=1S/C23H31N5O4/c1-27(16-6-3-2-4-7-16)21(30)8-5-11-32-17-9-10-18-15(12-17)14-28-19(13-20(24)29)22(31)26-23(28)25-18/h9-10,12,16,19H,2-8,11,13-14H2,1H3,(H2,24,29)(H,25,26,31). The normalized spacial score (nSPS) is 20.2. The zero-order chi connectivity index (χ0) is 22.7. The Kier molecular flexibility index (Phi) is 6.62. The summed E-state index contributed by atoms with van der Waals surface area (Å²) in [7, 11) is 1.92. The van der Waals surface area contributed by atoms with E-state index in [1.54, 1.807) is 4.90 Å². The first-order valence-corrected chi connectivity index (χ1v) is 11.4. The number of nitrogens with one attached hydrogen (secondary N) is 1. The van der Waals surface area contributed by atoms with Crippen molar-refractivity contribution in [3.8, 4) is 5.75 Å². The van der Waals surface area contributed by atoms with E-state index in [1.165, 1.54) is 19.3 Å². The number of nitrogens with two attached hydrogens (primary N) is 1. The van der Waals surface area contributed by atoms with Crippen LogP contribution >= 0.6 is 0 Å². The molecular weight excluding hydrogens is 410 g/mol. The lowest BCUT2D eigenvalue weighted by Crippen LogP contribution is -2.39. The van der Waals surface area contributed by atoms with Crippen LogP contribution in [-0.4, -0.2) is 59.2 Å². The number of carbonyl (C=O) groups excluding carboxylic acids is 3. The number of fused-ring (bicyclic) bond motifs is 2. The lowest BCUT2D eigenvalue weighted by atomic mass is 9.94. The minimum Gasteiger partial charge on any atom is -0.494 e. The molecule has 32 heavy (non-hydrogen) atoms. The van der Waals surface area contributed by atoms with Crippen molar-refractivity contribution in [2.45, 2.75) is 70.0 Å². The van der Waals surface area contributed by atoms with E-state index >= 15 is 0 Å². The van der Waals surface area contributed by atoms with Crippen LogP contribution in [0, 0.1) is 0 Å². The number of carbonyl (C=O) groups is 3. The van der Waals surface area contributed by atoms with Gasteiger partial charge in [-0.15, -0.1) is 0 Å². The fourth-order valence-electron chi connectivity index (χ4n) is 4.67. The number of amides is 3. The zero-order valence-corrected chi connectivity index (χ0v) is 18.5. The van der Waals surface area contributed by atoms with E-state index in [-0.39, 0.29) is 18.2 Å². The molecule has 1 saturated heterocycles. The molecule has 2 aliphatic heterocycles. The summed E-state index contributed by atoms with van der Waals surface area (Å²) in [5.74, 6) is 0.524. The molecule has 1 saturated carbocycles. The Labute approximate surface area is 188 Å². The second-order valence-electron chi connectivity index (χ2n) is 8.78. The second kappa shape index (κ2) is 9.58. The number of benzene rings is 1. The van der Waals surface area contributed by atoms with E-state index in [0.29, 0.717) is 43.7 Å². The topological polar surface area (TPSA) is 117 Å². The van der Waals surface area contributed by atoms with Crippen molar-refractivity contribution >= 4 is 29.4 Å². The van der Waals surface area contributed by atoms with E-state index in [1.807, 2.05) is 30.1 Å². The van der Waals surface area contributed by atoms with Gasteiger partial charge in [-0.2, -0.15) is 0 Å². The predicted octanol–water partition coefficient (Wildman–Crippen LogP) is 1.81. The third-order valence-electron chi connectivity index (χ3n) is 6.52. The van der Waals surface area contributed by atoms with Crippen molar-refractivity contribution in [1.82, 2.24) is 15.1 Å². The molecule has 0 aromatic heterocycles. The Balaban J connectivity index is 1.29. The van der Waals surface area contributed by atoms with Gasteiger partial charge in [-0.3, -0.25) is 19.7 Å². The maximum absolute atomic E-state index is 12.5. The Hall–Kier alpha value is -3.10. The second-order valence-corrected chi connectivity index (χ2v) is 8.78. The van der Waals surface area contributed by atoms with Gasteiger partial charge < -0.3 is 20.3 Å². The molecule has 9 heteroatoms. The summed E-state index contributed by atoms with van der Waals surface area (Å²) in [6.07, 6.45) is 6.98. The van der Waals surface area contributed by atoms with Gasteiger partial charge >= 0.3 is 0 Å². The largest absolute Gasteiger partial charge is 0.494 e. The Bertz CT molecular complexity index is 925. The third kappa shape index (κ3) is 4.87. The number of nitrogens with zero attached hydrogens (tertiary/aromatic N) is 3. The maximum Gasteiger partial charge on any atom is 0.250 e. The molecule has 2 heterocycles. The highest BCUT2D eigenvalue weighted by Crippen LogP contribution is 2.32. The van der Waals surface area contributed by atoms with Gasteiger partial charge in [0, 0.05) is 31.6 Å². The van der Waals surface area contributed by atoms with Gasteiger partial charge in [0.2, 0.25) is 23.7 Å². The first-order valence-electron chi connectivity index (χ1n) is 11.4. The number of ether oxygens (including phenoxy) is 1. The highest BCUT2D eigenvalue weighted by Gasteiger charge is 2.39. The highest BCUT2D eigenvalue weighted by atomic mass is 16.5. The smallest absolute Gasteiger partial charge is 0.250 e. The minimum absolute atomic E-state index is 0.0558. The number of hydrogen-bond acceptors (Lipinski definition) is 6. The van der Waals surface area contributed by atoms with Gasteiger partial charge in [0.1, 0.15) is 11.8 Å². The highest BCUT2D eigenvalue weighted by molar-refractivity contribution is 6.09. The summed E-state index contributed by atoms with van der Waals surface area (Å²) in [6, 6.07) is 5.33. The van der Waals surface area contributed by atoms with Crippen molar-refractivity contribution < 1.29 is 19.1 Å². The molecule has 3 N–H and O–H groups in total. The van der Waals surface area contributed by atoms with Crippen molar-refractivity contribution in [3.63, 3.8) is 0 Å². The van der Waals surface area contributed by atoms with Crippen LogP contribution in [0.3, 0.4) is 0 Å². The quantitative estimate of drug-likeness (QED) is 0.597. The average molecular weight is 442 g/mol. The van der Waals surface area contributed by atoms with Crippen LogP contribution in [0.25, 0.3) is 0 Å². The monoisotopic (exact) mass is 441 g/mol. The summed E-state index contributed by atoms with van der Waals surface area (Å²) in [5, 5.41) is 2.71. The van der Waals surface area contributed by atoms with Crippen molar-refractivity contribution in [3.05, 3.63) is 23.8 Å². The summed E-state index contributed by atoms with van der Waals surface area (Å²) < 4.78 is 5.88. The molecule has 0 bridgehead atoms. The van der Waals surface area contributed by atoms with Crippen molar-refractivity contribution in [1.29, 1.82) is 0 Å². The van der Waals surface area contributed by atoms with E-state index in [0.717, 1.165) is 24.1 Å². The summed E-state index contributed by atoms with van der Waals surface area (Å²) in [6.45, 7) is 0.887. The van der Waals surface area contributed by atoms with Crippen LogP contribution < -0.4 is 15.8 Å². The molecule has 3 amide bonds. The van der Waals surface area contributed by atoms with E-state index in [9.17, 15) is 14.4 Å². The van der Waals surface area contributed by atoms with E-state index < -0.39 is 11.9 Å². The minimum atomic E-state index is -0.642. The third-order valence-corrected chi connectivity index (χ3v) is 6.52. The first-order chi connectivity index (χ1) is 15.4. The van der Waals surface area contributed by atoms with Crippen LogP contribution in [0.1, 0.15) is 56.9 Å². The molecule has 9 nitrogen and oxygen atoms in total. The fraction of sp³-hybridized carbons (Fsp3) is 0.565. The molecule has 0 spiro atoms. The summed E-state index contributed by atoms with van der Waals surface area (Å²) in [5.41, 5.74) is 6.96. The molecule has 4 rings (SSSR count). The summed E-state index contributed by atoms with van der Waals surface area (Å²) >= 11 is 0. The molecular formula is C23H31N5O4. The van der Waals surface area contributed by atoms with Gasteiger partial charge in [-0.25, -0.2) is 4.99 Å². The molecule has 172 valence electrons. The molecule has 1 unspecified atom stereocenters. The number of primary amides is 1. The lowest BCUT2D eigenvalue weighted by Gasteiger charge is -2.31. The first kappa shape index (κ1) is 22.1. The summed E-state index contributed by atoms with van der Waals surface area (Å²) in [4.78, 5) is 44.1. The van der Waals surface area contributed by atoms with Crippen molar-refractivity contribution in [2.75, 3.05) is 13.7 Å². The van der Waals surface area contributed by atoms with E-state index in [2.05, 4.69) is 10.3 Å². The maximum atomic E-state index is 12.5. The van der Waals surface area contributed by atoms with Gasteiger partial charge in [0.05, 0.1) is 18.7 Å². The van der Waals surface area contributed by atoms with Crippen LogP contribution in [-0.2, 0) is 20.9 Å². The van der Waals surface area contributed by atoms with Gasteiger partial charge in [0.15, 0.2) is 0 Å². The van der Waals surface area contributed by atoms with E-state index in [4.69, 9.17) is 10.5 Å². The molecule has 1 atom stereocenters. The number of hydrogen-bond donors (Lipinski definition) is 2. The SMILES string of the molecule is CN(C(=O)CCCOc1ccc2c(c1)CN1C(=N2)NC(=O)C1CC(N)=O)C1CCCCC1. The molecule has 0 radical (unpaired) electrons. The Morgan fingerprint density at radius 3 is 2.81 bits per heavy atom. The number of aliphatic imine (C=N–C) groups is 1. The van der Waals surface area contributed by atoms with Gasteiger partial charge in [0.25, 0.3) is 0 Å². The Morgan fingerprint density at radius 2 is 2.06 bits per heavy atom. The molecule has 1 aromatic carbocycles. The van der Waals surface area contributed by atoms with Crippen LogP contribution in [0.15, 0.2) is 23.2 Å². The van der Waals surface area contributed by atoms with Crippen molar-refractivity contribution in [2.24, 2.45) is 10.7 Å². The molecule has 2 fully saturated rings. The van der Waals surface area contributed by atoms with Gasteiger partial charge in [-0.1, -0.05) is 19.3 Å².